The average Bonchev–Trinajstić information content (AvgIpc) is 2.46. The number of aliphatic hydroxyl groups excluding tert-OH is 1. The number of nitrogens with zero attached hydrogens (tertiary/aromatic N) is 1. The second kappa shape index (κ2) is 7.84. The number of aliphatic hydroxyl groups is 1. The molecule has 0 aliphatic heterocycles. The van der Waals surface area contributed by atoms with Crippen molar-refractivity contribution in [1.82, 2.24) is 4.31 Å². The molecular formula is C14H22FNO4S. The summed E-state index contributed by atoms with van der Waals surface area (Å²) in [6.45, 7) is 3.70. The number of halogens is 1. The number of hydrogen-bond donors (Lipinski definition) is 1. The van der Waals surface area contributed by atoms with Crippen LogP contribution >= 0.6 is 0 Å². The maximum Gasteiger partial charge on any atom is 0.246 e. The normalized spacial score (nSPS) is 13.6. The summed E-state index contributed by atoms with van der Waals surface area (Å²) in [4.78, 5) is -0.379. The van der Waals surface area contributed by atoms with Crippen LogP contribution in [0.5, 0.6) is 0 Å². The molecule has 0 spiro atoms. The van der Waals surface area contributed by atoms with Gasteiger partial charge in [-0.15, -0.1) is 0 Å². The van der Waals surface area contributed by atoms with E-state index in [2.05, 4.69) is 0 Å². The molecule has 1 aromatic rings. The van der Waals surface area contributed by atoms with Crippen molar-refractivity contribution >= 4 is 10.0 Å². The fourth-order valence-electron chi connectivity index (χ4n) is 1.94. The van der Waals surface area contributed by atoms with Crippen LogP contribution in [0, 0.1) is 5.82 Å². The van der Waals surface area contributed by atoms with Gasteiger partial charge < -0.3 is 9.84 Å². The topological polar surface area (TPSA) is 66.8 Å². The van der Waals surface area contributed by atoms with Crippen molar-refractivity contribution in [3.8, 4) is 0 Å². The molecule has 0 amide bonds. The Bertz CT molecular complexity index is 562. The highest BCUT2D eigenvalue weighted by Crippen LogP contribution is 2.23. The minimum absolute atomic E-state index is 0.162. The lowest BCUT2D eigenvalue weighted by Gasteiger charge is -2.27. The highest BCUT2D eigenvalue weighted by Gasteiger charge is 2.30. The minimum Gasteiger partial charge on any atom is -0.392 e. The molecule has 1 rings (SSSR count). The van der Waals surface area contributed by atoms with E-state index in [0.29, 0.717) is 12.0 Å². The van der Waals surface area contributed by atoms with Crippen molar-refractivity contribution in [2.75, 3.05) is 20.3 Å². The molecule has 0 saturated heterocycles. The Hall–Kier alpha value is -1.02. The molecular weight excluding hydrogens is 297 g/mol. The summed E-state index contributed by atoms with van der Waals surface area (Å²) in [7, 11) is -2.46. The fraction of sp³-hybridized carbons (Fsp3) is 0.571. The first-order valence-electron chi connectivity index (χ1n) is 6.78. The quantitative estimate of drug-likeness (QED) is 0.793. The van der Waals surface area contributed by atoms with Crippen molar-refractivity contribution < 1.29 is 22.7 Å². The van der Waals surface area contributed by atoms with Crippen LogP contribution in [0.1, 0.15) is 25.8 Å². The Morgan fingerprint density at radius 2 is 2.10 bits per heavy atom. The summed E-state index contributed by atoms with van der Waals surface area (Å²) in [5.74, 6) is -0.854. The highest BCUT2D eigenvalue weighted by molar-refractivity contribution is 7.89. The Kier molecular flexibility index (Phi) is 6.73. The number of hydrogen-bond acceptors (Lipinski definition) is 4. The van der Waals surface area contributed by atoms with Crippen LogP contribution in [-0.4, -0.2) is 44.1 Å². The first-order chi connectivity index (χ1) is 9.88. The van der Waals surface area contributed by atoms with Gasteiger partial charge in [-0.3, -0.25) is 0 Å². The van der Waals surface area contributed by atoms with Gasteiger partial charge in [-0.05, 0) is 31.0 Å². The van der Waals surface area contributed by atoms with Gasteiger partial charge in [0, 0.05) is 19.7 Å². The van der Waals surface area contributed by atoms with Crippen LogP contribution < -0.4 is 0 Å². The van der Waals surface area contributed by atoms with E-state index in [9.17, 15) is 12.8 Å². The van der Waals surface area contributed by atoms with E-state index < -0.39 is 15.8 Å². The lowest BCUT2D eigenvalue weighted by molar-refractivity contribution is 0.167. The lowest BCUT2D eigenvalue weighted by Crippen LogP contribution is -2.40. The van der Waals surface area contributed by atoms with E-state index in [0.717, 1.165) is 6.07 Å². The summed E-state index contributed by atoms with van der Waals surface area (Å²) in [5, 5.41) is 8.96. The van der Waals surface area contributed by atoms with Gasteiger partial charge in [0.1, 0.15) is 10.7 Å². The molecule has 0 aromatic heterocycles. The molecule has 21 heavy (non-hydrogen) atoms. The average molecular weight is 319 g/mol. The zero-order chi connectivity index (χ0) is 16.0. The summed E-state index contributed by atoms with van der Waals surface area (Å²) >= 11 is 0. The SMILES string of the molecule is CCC(C)N(CCOC)S(=O)(=O)c1ccc(CO)cc1F. The minimum atomic E-state index is -3.94. The Morgan fingerprint density at radius 3 is 2.57 bits per heavy atom. The summed E-state index contributed by atoms with van der Waals surface area (Å²) in [5.41, 5.74) is 0.332. The van der Waals surface area contributed by atoms with Crippen LogP contribution in [-0.2, 0) is 21.4 Å². The van der Waals surface area contributed by atoms with Crippen LogP contribution in [0.15, 0.2) is 23.1 Å². The molecule has 0 radical (unpaired) electrons. The van der Waals surface area contributed by atoms with E-state index >= 15 is 0 Å². The van der Waals surface area contributed by atoms with Crippen LogP contribution in [0.25, 0.3) is 0 Å². The molecule has 0 bridgehead atoms. The summed E-state index contributed by atoms with van der Waals surface area (Å²) in [6, 6.07) is 3.37. The highest BCUT2D eigenvalue weighted by atomic mass is 32.2. The maximum absolute atomic E-state index is 14.0. The van der Waals surface area contributed by atoms with Gasteiger partial charge in [0.05, 0.1) is 13.2 Å². The third-order valence-electron chi connectivity index (χ3n) is 3.36. The Labute approximate surface area is 125 Å². The molecule has 7 heteroatoms. The molecule has 120 valence electrons. The standard InChI is InChI=1S/C14H22FNO4S/c1-4-11(2)16(7-8-20-3)21(18,19)14-6-5-12(10-17)9-13(14)15/h5-6,9,11,17H,4,7-8,10H2,1-3H3. The van der Waals surface area contributed by atoms with Crippen LogP contribution in [0.3, 0.4) is 0 Å². The third kappa shape index (κ3) is 4.23. The van der Waals surface area contributed by atoms with Crippen molar-refractivity contribution in [1.29, 1.82) is 0 Å². The van der Waals surface area contributed by atoms with Gasteiger partial charge in [0.25, 0.3) is 0 Å². The molecule has 0 aliphatic rings. The smallest absolute Gasteiger partial charge is 0.246 e. The third-order valence-corrected chi connectivity index (χ3v) is 5.41. The zero-order valence-corrected chi connectivity index (χ0v) is 13.4. The van der Waals surface area contributed by atoms with E-state index in [1.54, 1.807) is 6.92 Å². The molecule has 5 nitrogen and oxygen atoms in total. The zero-order valence-electron chi connectivity index (χ0n) is 12.5. The van der Waals surface area contributed by atoms with Gasteiger partial charge in [0.2, 0.25) is 10.0 Å². The van der Waals surface area contributed by atoms with E-state index in [1.807, 2.05) is 6.92 Å². The number of rotatable bonds is 8. The van der Waals surface area contributed by atoms with E-state index in [-0.39, 0.29) is 30.7 Å². The van der Waals surface area contributed by atoms with Crippen LogP contribution in [0.2, 0.25) is 0 Å². The van der Waals surface area contributed by atoms with E-state index in [4.69, 9.17) is 9.84 Å². The Balaban J connectivity index is 3.21. The van der Waals surface area contributed by atoms with Crippen molar-refractivity contribution in [2.24, 2.45) is 0 Å². The molecule has 0 aliphatic carbocycles. The van der Waals surface area contributed by atoms with Crippen LogP contribution in [0.4, 0.5) is 4.39 Å². The number of methoxy groups -OCH3 is 1. The van der Waals surface area contributed by atoms with E-state index in [1.165, 1.54) is 23.5 Å². The molecule has 0 fully saturated rings. The summed E-state index contributed by atoms with van der Waals surface area (Å²) in [6.07, 6.45) is 0.610. The van der Waals surface area contributed by atoms with Crippen molar-refractivity contribution in [2.45, 2.75) is 37.8 Å². The molecule has 1 N–H and O–H groups in total. The Morgan fingerprint density at radius 1 is 1.43 bits per heavy atom. The summed E-state index contributed by atoms with van der Waals surface area (Å²) < 4.78 is 45.5. The molecule has 1 aromatic carbocycles. The van der Waals surface area contributed by atoms with Gasteiger partial charge in [0.15, 0.2) is 0 Å². The second-order valence-corrected chi connectivity index (χ2v) is 6.65. The molecule has 1 unspecified atom stereocenters. The van der Waals surface area contributed by atoms with Gasteiger partial charge in [-0.2, -0.15) is 4.31 Å². The maximum atomic E-state index is 14.0. The number of benzene rings is 1. The molecule has 1 atom stereocenters. The van der Waals surface area contributed by atoms with Crippen molar-refractivity contribution in [3.05, 3.63) is 29.6 Å². The molecule has 0 saturated carbocycles. The fourth-order valence-corrected chi connectivity index (χ4v) is 3.68. The second-order valence-electron chi connectivity index (χ2n) is 4.79. The lowest BCUT2D eigenvalue weighted by atomic mass is 10.2. The van der Waals surface area contributed by atoms with Gasteiger partial charge in [-0.25, -0.2) is 12.8 Å². The largest absolute Gasteiger partial charge is 0.392 e. The first-order valence-corrected chi connectivity index (χ1v) is 8.22. The predicted molar refractivity (Wildman–Crippen MR) is 77.8 cm³/mol. The number of sulfonamides is 1. The predicted octanol–water partition coefficient (Wildman–Crippen LogP) is 1.75. The van der Waals surface area contributed by atoms with Gasteiger partial charge in [-0.1, -0.05) is 13.0 Å². The monoisotopic (exact) mass is 319 g/mol. The van der Waals surface area contributed by atoms with Gasteiger partial charge >= 0.3 is 0 Å². The molecule has 0 heterocycles. The van der Waals surface area contributed by atoms with Crippen molar-refractivity contribution in [3.63, 3.8) is 0 Å². The number of ether oxygens (including phenoxy) is 1. The first kappa shape index (κ1) is 18.0.